The highest BCUT2D eigenvalue weighted by molar-refractivity contribution is 9.10. The summed E-state index contributed by atoms with van der Waals surface area (Å²) in [5.74, 6) is 0. The second kappa shape index (κ2) is 6.04. The van der Waals surface area contributed by atoms with E-state index in [2.05, 4.69) is 20.7 Å². The van der Waals surface area contributed by atoms with Gasteiger partial charge in [0.1, 0.15) is 4.90 Å². The van der Waals surface area contributed by atoms with E-state index in [-0.39, 0.29) is 20.1 Å². The Morgan fingerprint density at radius 1 is 1.14 bits per heavy atom. The molecule has 0 aliphatic carbocycles. The first kappa shape index (κ1) is 16.4. The van der Waals surface area contributed by atoms with Crippen LogP contribution in [0.15, 0.2) is 39.7 Å². The summed E-state index contributed by atoms with van der Waals surface area (Å²) in [6.45, 7) is 1.76. The Morgan fingerprint density at radius 2 is 1.81 bits per heavy atom. The van der Waals surface area contributed by atoms with Gasteiger partial charge in [0.2, 0.25) is 0 Å². The first-order valence-corrected chi connectivity index (χ1v) is 8.77. The van der Waals surface area contributed by atoms with Crippen LogP contribution in [0.4, 0.5) is 11.4 Å². The van der Waals surface area contributed by atoms with Gasteiger partial charge in [-0.05, 0) is 58.7 Å². The third-order valence-corrected chi connectivity index (χ3v) is 5.74. The largest absolute Gasteiger partial charge is 0.398 e. The molecule has 0 aliphatic rings. The summed E-state index contributed by atoms with van der Waals surface area (Å²) >= 11 is 14.9. The molecule has 0 saturated heterocycles. The van der Waals surface area contributed by atoms with Gasteiger partial charge in [-0.25, -0.2) is 8.42 Å². The van der Waals surface area contributed by atoms with Gasteiger partial charge in [-0.2, -0.15) is 0 Å². The molecule has 112 valence electrons. The fourth-order valence-corrected chi connectivity index (χ4v) is 4.37. The van der Waals surface area contributed by atoms with Crippen molar-refractivity contribution in [1.82, 2.24) is 0 Å². The van der Waals surface area contributed by atoms with Crippen molar-refractivity contribution < 1.29 is 8.42 Å². The van der Waals surface area contributed by atoms with Crippen molar-refractivity contribution in [3.8, 4) is 0 Å². The molecular weight excluding hydrogens is 399 g/mol. The van der Waals surface area contributed by atoms with Gasteiger partial charge in [0, 0.05) is 15.7 Å². The number of benzene rings is 2. The number of nitrogens with two attached hydrogens (primary N) is 1. The van der Waals surface area contributed by atoms with Crippen molar-refractivity contribution >= 4 is 60.5 Å². The van der Waals surface area contributed by atoms with Gasteiger partial charge in [0.15, 0.2) is 0 Å². The standard InChI is InChI=1S/C13H11BrCl2N2O2S/c1-7-4-8(15)2-3-11(7)18-21(19,20)12-6-9(16)5-10(17)13(12)14/h2-6,18H,17H2,1H3. The van der Waals surface area contributed by atoms with Crippen molar-refractivity contribution in [2.45, 2.75) is 11.8 Å². The second-order valence-corrected chi connectivity index (χ2v) is 7.69. The molecule has 0 amide bonds. The van der Waals surface area contributed by atoms with Crippen LogP contribution in [0.3, 0.4) is 0 Å². The quantitative estimate of drug-likeness (QED) is 0.735. The SMILES string of the molecule is Cc1cc(Cl)ccc1NS(=O)(=O)c1cc(Cl)cc(N)c1Br. The summed E-state index contributed by atoms with van der Waals surface area (Å²) in [5.41, 5.74) is 7.11. The maximum Gasteiger partial charge on any atom is 0.263 e. The number of aryl methyl sites for hydroxylation is 1. The van der Waals surface area contributed by atoms with Crippen molar-refractivity contribution in [3.05, 3.63) is 50.4 Å². The molecule has 0 spiro atoms. The number of rotatable bonds is 3. The van der Waals surface area contributed by atoms with Gasteiger partial charge in [0.05, 0.1) is 10.2 Å². The Labute approximate surface area is 141 Å². The maximum absolute atomic E-state index is 12.5. The van der Waals surface area contributed by atoms with E-state index in [1.54, 1.807) is 25.1 Å². The molecule has 0 aliphatic heterocycles. The fourth-order valence-electron chi connectivity index (χ4n) is 1.72. The molecule has 2 aromatic carbocycles. The summed E-state index contributed by atoms with van der Waals surface area (Å²) in [6, 6.07) is 7.67. The van der Waals surface area contributed by atoms with E-state index < -0.39 is 10.0 Å². The van der Waals surface area contributed by atoms with Crippen molar-refractivity contribution in [3.63, 3.8) is 0 Å². The van der Waals surface area contributed by atoms with E-state index >= 15 is 0 Å². The number of halogens is 3. The zero-order chi connectivity index (χ0) is 15.8. The summed E-state index contributed by atoms with van der Waals surface area (Å²) < 4.78 is 27.7. The number of hydrogen-bond donors (Lipinski definition) is 2. The van der Waals surface area contributed by atoms with Crippen LogP contribution in [0.2, 0.25) is 10.0 Å². The van der Waals surface area contributed by atoms with Crippen molar-refractivity contribution in [1.29, 1.82) is 0 Å². The molecule has 0 unspecified atom stereocenters. The van der Waals surface area contributed by atoms with E-state index in [4.69, 9.17) is 28.9 Å². The molecular formula is C13H11BrCl2N2O2S. The average Bonchev–Trinajstić information content (AvgIpc) is 2.37. The maximum atomic E-state index is 12.5. The zero-order valence-corrected chi connectivity index (χ0v) is 14.7. The molecule has 2 aromatic rings. The number of anilines is 2. The molecule has 0 radical (unpaired) electrons. The molecule has 2 rings (SSSR count). The Hall–Kier alpha value is -0.950. The first-order chi connectivity index (χ1) is 9.70. The molecule has 21 heavy (non-hydrogen) atoms. The van der Waals surface area contributed by atoms with Crippen molar-refractivity contribution in [2.24, 2.45) is 0 Å². The van der Waals surface area contributed by atoms with Crippen LogP contribution < -0.4 is 10.5 Å². The van der Waals surface area contributed by atoms with Crippen LogP contribution in [0.5, 0.6) is 0 Å². The number of sulfonamides is 1. The monoisotopic (exact) mass is 408 g/mol. The summed E-state index contributed by atoms with van der Waals surface area (Å²) in [4.78, 5) is -0.0261. The molecule has 0 heterocycles. The zero-order valence-electron chi connectivity index (χ0n) is 10.8. The Balaban J connectivity index is 2.48. The minimum atomic E-state index is -3.83. The van der Waals surface area contributed by atoms with Gasteiger partial charge >= 0.3 is 0 Å². The smallest absolute Gasteiger partial charge is 0.263 e. The molecule has 0 aromatic heterocycles. The second-order valence-electron chi connectivity index (χ2n) is 4.37. The lowest BCUT2D eigenvalue weighted by Crippen LogP contribution is -2.15. The first-order valence-electron chi connectivity index (χ1n) is 5.74. The summed E-state index contributed by atoms with van der Waals surface area (Å²) in [5, 5.41) is 0.771. The van der Waals surface area contributed by atoms with Crippen LogP contribution in [-0.2, 0) is 10.0 Å². The van der Waals surface area contributed by atoms with Gasteiger partial charge < -0.3 is 5.73 Å². The highest BCUT2D eigenvalue weighted by atomic mass is 79.9. The molecule has 0 atom stereocenters. The lowest BCUT2D eigenvalue weighted by molar-refractivity contribution is 0.601. The molecule has 0 saturated carbocycles. The predicted octanol–water partition coefficient (Wildman–Crippen LogP) is 4.45. The van der Waals surface area contributed by atoms with Gasteiger partial charge in [-0.3, -0.25) is 4.72 Å². The highest BCUT2D eigenvalue weighted by Crippen LogP contribution is 2.33. The average molecular weight is 410 g/mol. The van der Waals surface area contributed by atoms with E-state index in [0.717, 1.165) is 0 Å². The molecule has 0 fully saturated rings. The van der Waals surface area contributed by atoms with E-state index in [1.807, 2.05) is 0 Å². The molecule has 8 heteroatoms. The number of hydrogen-bond acceptors (Lipinski definition) is 3. The molecule has 4 nitrogen and oxygen atoms in total. The van der Waals surface area contributed by atoms with E-state index in [0.29, 0.717) is 16.3 Å². The van der Waals surface area contributed by atoms with Crippen molar-refractivity contribution in [2.75, 3.05) is 10.5 Å². The van der Waals surface area contributed by atoms with E-state index in [1.165, 1.54) is 12.1 Å². The minimum Gasteiger partial charge on any atom is -0.398 e. The summed E-state index contributed by atoms with van der Waals surface area (Å²) in [7, 11) is -3.83. The van der Waals surface area contributed by atoms with Gasteiger partial charge in [-0.1, -0.05) is 23.2 Å². The number of nitrogen functional groups attached to an aromatic ring is 1. The summed E-state index contributed by atoms with van der Waals surface area (Å²) in [6.07, 6.45) is 0. The van der Waals surface area contributed by atoms with Gasteiger partial charge in [-0.15, -0.1) is 0 Å². The van der Waals surface area contributed by atoms with E-state index in [9.17, 15) is 8.42 Å². The Morgan fingerprint density at radius 3 is 2.43 bits per heavy atom. The molecule has 3 N–H and O–H groups in total. The highest BCUT2D eigenvalue weighted by Gasteiger charge is 2.21. The third-order valence-electron chi connectivity index (χ3n) is 2.75. The van der Waals surface area contributed by atoms with Crippen LogP contribution >= 0.6 is 39.1 Å². The van der Waals surface area contributed by atoms with Gasteiger partial charge in [0.25, 0.3) is 10.0 Å². The Bertz CT molecular complexity index is 810. The predicted molar refractivity (Wildman–Crippen MR) is 90.6 cm³/mol. The molecule has 0 bridgehead atoms. The Kier molecular flexibility index (Phi) is 4.72. The van der Waals surface area contributed by atoms with Crippen LogP contribution in [0, 0.1) is 6.92 Å². The van der Waals surface area contributed by atoms with Crippen LogP contribution in [-0.4, -0.2) is 8.42 Å². The van der Waals surface area contributed by atoms with Crippen LogP contribution in [0.25, 0.3) is 0 Å². The minimum absolute atomic E-state index is 0.0261. The fraction of sp³-hybridized carbons (Fsp3) is 0.0769. The topological polar surface area (TPSA) is 72.2 Å². The lowest BCUT2D eigenvalue weighted by Gasteiger charge is -2.13. The normalized spacial score (nSPS) is 11.4. The number of nitrogens with one attached hydrogen (secondary N) is 1. The third kappa shape index (κ3) is 3.63. The van der Waals surface area contributed by atoms with Crippen LogP contribution in [0.1, 0.15) is 5.56 Å². The lowest BCUT2D eigenvalue weighted by atomic mass is 10.2.